The Morgan fingerprint density at radius 2 is 2.08 bits per heavy atom. The molecule has 6 heteroatoms. The van der Waals surface area contributed by atoms with Crippen LogP contribution < -0.4 is 4.90 Å². The third-order valence-corrected chi connectivity index (χ3v) is 6.14. The first-order valence-corrected chi connectivity index (χ1v) is 10.2. The van der Waals surface area contributed by atoms with Crippen molar-refractivity contribution < 1.29 is 9.18 Å². The predicted molar refractivity (Wildman–Crippen MR) is 105 cm³/mol. The minimum Gasteiger partial charge on any atom is -0.311 e. The number of aryl methyl sites for hydroxylation is 1. The van der Waals surface area contributed by atoms with Crippen LogP contribution in [-0.4, -0.2) is 23.2 Å². The Morgan fingerprint density at radius 1 is 1.27 bits per heavy atom. The van der Waals surface area contributed by atoms with E-state index in [1.165, 1.54) is 29.5 Å². The van der Waals surface area contributed by atoms with Gasteiger partial charge in [-0.1, -0.05) is 6.07 Å². The summed E-state index contributed by atoms with van der Waals surface area (Å²) in [6.45, 7) is 2.71. The maximum Gasteiger partial charge on any atom is 0.237 e. The van der Waals surface area contributed by atoms with Crippen LogP contribution in [0.3, 0.4) is 0 Å². The van der Waals surface area contributed by atoms with Crippen LogP contribution in [0.25, 0.3) is 11.3 Å². The second kappa shape index (κ2) is 7.21. The monoisotopic (exact) mass is 384 g/mol. The number of benzene rings is 2. The highest BCUT2D eigenvalue weighted by Crippen LogP contribution is 2.33. The van der Waals surface area contributed by atoms with Crippen LogP contribution in [0, 0.1) is 12.7 Å². The van der Waals surface area contributed by atoms with Gasteiger partial charge in [-0.2, -0.15) is 0 Å². The quantitative estimate of drug-likeness (QED) is 0.598. The summed E-state index contributed by atoms with van der Waals surface area (Å²) in [5.74, 6) is 0.161. The molecule has 2 aromatic carbocycles. The summed E-state index contributed by atoms with van der Waals surface area (Å²) < 4.78 is 13.0. The molecule has 0 N–H and O–H groups in total. The van der Waals surface area contributed by atoms with E-state index in [0.717, 1.165) is 33.3 Å². The van der Waals surface area contributed by atoms with Gasteiger partial charge < -0.3 is 4.90 Å². The van der Waals surface area contributed by atoms with E-state index in [0.29, 0.717) is 12.3 Å². The van der Waals surface area contributed by atoms with E-state index < -0.39 is 0 Å². The van der Waals surface area contributed by atoms with Crippen LogP contribution in [0.1, 0.15) is 10.6 Å². The molecule has 26 heavy (non-hydrogen) atoms. The molecule has 3 nitrogen and oxygen atoms in total. The molecule has 1 amide bonds. The summed E-state index contributed by atoms with van der Waals surface area (Å²) in [6.07, 6.45) is 0.860. The highest BCUT2D eigenvalue weighted by Gasteiger charge is 2.25. The molecule has 132 valence electrons. The molecular formula is C20H17FN2OS2. The van der Waals surface area contributed by atoms with Crippen molar-refractivity contribution in [1.82, 2.24) is 4.98 Å². The van der Waals surface area contributed by atoms with E-state index in [2.05, 4.69) is 16.4 Å². The number of aromatic nitrogens is 1. The van der Waals surface area contributed by atoms with E-state index in [4.69, 9.17) is 0 Å². The summed E-state index contributed by atoms with van der Waals surface area (Å²) in [7, 11) is 0. The summed E-state index contributed by atoms with van der Waals surface area (Å²) in [5.41, 5.74) is 4.27. The molecule has 0 bridgehead atoms. The van der Waals surface area contributed by atoms with Gasteiger partial charge in [-0.25, -0.2) is 9.37 Å². The molecule has 0 saturated carbocycles. The van der Waals surface area contributed by atoms with Crippen molar-refractivity contribution in [1.29, 1.82) is 0 Å². The third-order valence-electron chi connectivity index (χ3n) is 4.37. The number of thiazole rings is 1. The van der Waals surface area contributed by atoms with Crippen molar-refractivity contribution in [3.05, 3.63) is 64.2 Å². The van der Waals surface area contributed by atoms with Gasteiger partial charge in [0.05, 0.1) is 16.5 Å². The lowest BCUT2D eigenvalue weighted by atomic mass is 10.1. The Bertz CT molecular complexity index is 953. The number of hydrogen-bond acceptors (Lipinski definition) is 4. The zero-order valence-electron chi connectivity index (χ0n) is 14.2. The number of anilines is 1. The molecule has 1 aromatic heterocycles. The molecule has 0 spiro atoms. The minimum atomic E-state index is -0.264. The minimum absolute atomic E-state index is 0.0790. The number of amides is 1. The molecule has 0 fully saturated rings. The van der Waals surface area contributed by atoms with Crippen LogP contribution in [0.5, 0.6) is 0 Å². The Hall–Kier alpha value is -2.18. The lowest BCUT2D eigenvalue weighted by Crippen LogP contribution is -2.30. The Balaban J connectivity index is 1.47. The van der Waals surface area contributed by atoms with Gasteiger partial charge in [0.2, 0.25) is 5.91 Å². The molecule has 0 radical (unpaired) electrons. The van der Waals surface area contributed by atoms with Crippen molar-refractivity contribution in [2.75, 3.05) is 17.2 Å². The highest BCUT2D eigenvalue weighted by molar-refractivity contribution is 8.00. The third kappa shape index (κ3) is 3.52. The number of carbonyl (C=O) groups excluding carboxylic acids is 1. The van der Waals surface area contributed by atoms with E-state index >= 15 is 0 Å². The van der Waals surface area contributed by atoms with Crippen molar-refractivity contribution >= 4 is 34.7 Å². The summed E-state index contributed by atoms with van der Waals surface area (Å²) in [5, 5.41) is 3.11. The number of nitrogens with zero attached hydrogens (tertiary/aromatic N) is 2. The fourth-order valence-electron chi connectivity index (χ4n) is 3.07. The van der Waals surface area contributed by atoms with Crippen LogP contribution in [0.15, 0.2) is 52.7 Å². The van der Waals surface area contributed by atoms with Gasteiger partial charge in [0.1, 0.15) is 5.82 Å². The molecule has 0 atom stereocenters. The molecule has 1 aliphatic heterocycles. The molecule has 0 aliphatic carbocycles. The second-order valence-corrected chi connectivity index (χ2v) is 8.24. The second-order valence-electron chi connectivity index (χ2n) is 6.13. The maximum atomic E-state index is 13.0. The van der Waals surface area contributed by atoms with E-state index in [1.54, 1.807) is 23.5 Å². The van der Waals surface area contributed by atoms with Crippen molar-refractivity contribution in [2.45, 2.75) is 18.2 Å². The first-order valence-electron chi connectivity index (χ1n) is 8.34. The smallest absolute Gasteiger partial charge is 0.237 e. The van der Waals surface area contributed by atoms with Gasteiger partial charge in [0.15, 0.2) is 0 Å². The van der Waals surface area contributed by atoms with Gasteiger partial charge in [0, 0.05) is 28.1 Å². The van der Waals surface area contributed by atoms with Crippen molar-refractivity contribution in [3.63, 3.8) is 0 Å². The molecule has 4 rings (SSSR count). The number of carbonyl (C=O) groups is 1. The first-order chi connectivity index (χ1) is 12.6. The first kappa shape index (κ1) is 17.2. The number of hydrogen-bond donors (Lipinski definition) is 0. The van der Waals surface area contributed by atoms with E-state index in [9.17, 15) is 9.18 Å². The Kier molecular flexibility index (Phi) is 4.78. The molecule has 2 heterocycles. The largest absolute Gasteiger partial charge is 0.311 e. The number of rotatable bonds is 4. The van der Waals surface area contributed by atoms with Crippen molar-refractivity contribution in [2.24, 2.45) is 0 Å². The average Bonchev–Trinajstić information content (AvgIpc) is 3.26. The zero-order valence-corrected chi connectivity index (χ0v) is 15.9. The standard InChI is InChI=1S/C20H17FN2OS2/c1-13-22-18(11-25-13)14-2-7-19-15(10-14)8-9-23(19)20(24)12-26-17-5-3-16(21)4-6-17/h2-7,10-11H,8-9,12H2,1H3. The van der Waals surface area contributed by atoms with Gasteiger partial charge in [-0.15, -0.1) is 23.1 Å². The van der Waals surface area contributed by atoms with E-state index in [1.807, 2.05) is 24.0 Å². The fourth-order valence-corrected chi connectivity index (χ4v) is 4.47. The number of halogens is 1. The Labute approximate surface area is 159 Å². The number of thioether (sulfide) groups is 1. The van der Waals surface area contributed by atoms with Gasteiger partial charge in [-0.3, -0.25) is 4.79 Å². The maximum absolute atomic E-state index is 13.0. The SMILES string of the molecule is Cc1nc(-c2ccc3c(c2)CCN3C(=O)CSc2ccc(F)cc2)cs1. The normalized spacial score (nSPS) is 13.1. The molecular weight excluding hydrogens is 367 g/mol. The van der Waals surface area contributed by atoms with Crippen molar-refractivity contribution in [3.8, 4) is 11.3 Å². The van der Waals surface area contributed by atoms with Crippen LogP contribution in [0.2, 0.25) is 0 Å². The molecule has 1 aliphatic rings. The molecule has 3 aromatic rings. The molecule has 0 saturated heterocycles. The summed E-state index contributed by atoms with van der Waals surface area (Å²) in [6, 6.07) is 12.4. The van der Waals surface area contributed by atoms with Crippen LogP contribution in [0.4, 0.5) is 10.1 Å². The molecule has 0 unspecified atom stereocenters. The van der Waals surface area contributed by atoms with Gasteiger partial charge in [-0.05, 0) is 55.3 Å². The van der Waals surface area contributed by atoms with Crippen LogP contribution in [-0.2, 0) is 11.2 Å². The van der Waals surface area contributed by atoms with E-state index in [-0.39, 0.29) is 11.7 Å². The summed E-state index contributed by atoms with van der Waals surface area (Å²) in [4.78, 5) is 19.9. The van der Waals surface area contributed by atoms with Gasteiger partial charge in [0.25, 0.3) is 0 Å². The van der Waals surface area contributed by atoms with Gasteiger partial charge >= 0.3 is 0 Å². The average molecular weight is 385 g/mol. The Morgan fingerprint density at radius 3 is 2.81 bits per heavy atom. The number of fused-ring (bicyclic) bond motifs is 1. The summed E-state index contributed by atoms with van der Waals surface area (Å²) >= 11 is 3.08. The predicted octanol–water partition coefficient (Wildman–Crippen LogP) is 4.94. The zero-order chi connectivity index (χ0) is 18.1. The highest BCUT2D eigenvalue weighted by atomic mass is 32.2. The van der Waals surface area contributed by atoms with Crippen LogP contribution >= 0.6 is 23.1 Å². The lowest BCUT2D eigenvalue weighted by molar-refractivity contribution is -0.116. The topological polar surface area (TPSA) is 33.2 Å². The fraction of sp³-hybridized carbons (Fsp3) is 0.200. The lowest BCUT2D eigenvalue weighted by Gasteiger charge is -2.17.